The predicted molar refractivity (Wildman–Crippen MR) is 50.1 cm³/mol. The zero-order chi connectivity index (χ0) is 11.8. The van der Waals surface area contributed by atoms with E-state index >= 15 is 0 Å². The van der Waals surface area contributed by atoms with Crippen molar-refractivity contribution >= 4 is 17.1 Å². The van der Waals surface area contributed by atoms with Gasteiger partial charge in [-0.3, -0.25) is 0 Å². The van der Waals surface area contributed by atoms with E-state index in [0.717, 1.165) is 0 Å². The average molecular weight is 227 g/mol. The molecular weight excluding hydrogens is 221 g/mol. The molecule has 0 fully saturated rings. The van der Waals surface area contributed by atoms with E-state index in [0.29, 0.717) is 17.1 Å². The fourth-order valence-corrected chi connectivity index (χ4v) is 1.25. The number of hydrogen-bond donors (Lipinski definition) is 1. The first-order valence-electron chi connectivity index (χ1n) is 4.37. The van der Waals surface area contributed by atoms with Crippen LogP contribution < -0.4 is 5.11 Å². The van der Waals surface area contributed by atoms with Crippen LogP contribution in [0.15, 0.2) is 30.0 Å². The van der Waals surface area contributed by atoms with Crippen LogP contribution in [0.25, 0.3) is 17.1 Å². The molecule has 16 heavy (non-hydrogen) atoms. The van der Waals surface area contributed by atoms with Crippen molar-refractivity contribution in [2.75, 3.05) is 0 Å². The van der Waals surface area contributed by atoms with Gasteiger partial charge in [-0.15, -0.1) is 0 Å². The van der Waals surface area contributed by atoms with Crippen molar-refractivity contribution in [3.8, 4) is 0 Å². The van der Waals surface area contributed by atoms with Gasteiger partial charge in [0.2, 0.25) is 0 Å². The van der Waals surface area contributed by atoms with Gasteiger partial charge in [0.05, 0.1) is 11.0 Å². The number of rotatable bonds is 1. The number of benzene rings is 1. The number of H-pyrrole nitrogens is 1. The summed E-state index contributed by atoms with van der Waals surface area (Å²) in [6, 6.07) is 6.73. The Bertz CT molecular complexity index is 509. The quantitative estimate of drug-likeness (QED) is 0.755. The molecule has 6 heteroatoms. The summed E-state index contributed by atoms with van der Waals surface area (Å²) in [5, 5.41) is 10.7. The zero-order valence-electron chi connectivity index (χ0n) is 7.88. The number of aromatic amines is 1. The van der Waals surface area contributed by atoms with Gasteiger partial charge in [0, 0.05) is 0 Å². The van der Waals surface area contributed by atoms with Crippen LogP contribution in [0.1, 0.15) is 5.82 Å². The number of para-hydroxylation sites is 2. The molecule has 3 nitrogen and oxygen atoms in total. The molecule has 0 atom stereocenters. The predicted octanol–water partition coefficient (Wildman–Crippen LogP) is 1.83. The molecular formula is C10H6F3N2O-. The van der Waals surface area contributed by atoms with Crippen LogP contribution >= 0.6 is 0 Å². The third-order valence-electron chi connectivity index (χ3n) is 1.95. The fraction of sp³-hybridized carbons (Fsp3) is 0.100. The lowest BCUT2D eigenvalue weighted by atomic mass is 10.3. The minimum Gasteiger partial charge on any atom is -0.869 e. The summed E-state index contributed by atoms with van der Waals surface area (Å²) in [7, 11) is 0. The van der Waals surface area contributed by atoms with Crippen molar-refractivity contribution in [3.05, 3.63) is 35.8 Å². The van der Waals surface area contributed by atoms with E-state index in [1.54, 1.807) is 24.3 Å². The second-order valence-electron chi connectivity index (χ2n) is 3.15. The zero-order valence-corrected chi connectivity index (χ0v) is 7.88. The molecule has 0 saturated heterocycles. The molecule has 1 heterocycles. The molecule has 0 aliphatic heterocycles. The normalized spacial score (nSPS) is 13.3. The Balaban J connectivity index is 2.42. The van der Waals surface area contributed by atoms with Crippen LogP contribution in [0.3, 0.4) is 0 Å². The van der Waals surface area contributed by atoms with Crippen molar-refractivity contribution < 1.29 is 18.3 Å². The van der Waals surface area contributed by atoms with E-state index in [-0.39, 0.29) is 5.82 Å². The van der Waals surface area contributed by atoms with Gasteiger partial charge in [0.15, 0.2) is 0 Å². The topological polar surface area (TPSA) is 51.7 Å². The highest BCUT2D eigenvalue weighted by Crippen LogP contribution is 2.23. The van der Waals surface area contributed by atoms with E-state index in [2.05, 4.69) is 9.97 Å². The van der Waals surface area contributed by atoms with Gasteiger partial charge < -0.3 is 10.1 Å². The fourth-order valence-electron chi connectivity index (χ4n) is 1.25. The second kappa shape index (κ2) is 3.55. The molecule has 0 unspecified atom stereocenters. The number of aromatic nitrogens is 2. The highest BCUT2D eigenvalue weighted by atomic mass is 19.4. The Hall–Kier alpha value is -1.98. The smallest absolute Gasteiger partial charge is 0.402 e. The maximum absolute atomic E-state index is 12.0. The van der Waals surface area contributed by atoms with E-state index in [1.165, 1.54) is 0 Å². The van der Waals surface area contributed by atoms with Gasteiger partial charge in [-0.05, 0) is 24.0 Å². The Morgan fingerprint density at radius 3 is 2.62 bits per heavy atom. The van der Waals surface area contributed by atoms with Crippen LogP contribution in [0.2, 0.25) is 0 Å². The van der Waals surface area contributed by atoms with Crippen LogP contribution in [-0.2, 0) is 0 Å². The third-order valence-corrected chi connectivity index (χ3v) is 1.95. The Kier molecular flexibility index (Phi) is 2.34. The van der Waals surface area contributed by atoms with Crippen LogP contribution in [0.4, 0.5) is 13.2 Å². The lowest BCUT2D eigenvalue weighted by Crippen LogP contribution is -2.22. The van der Waals surface area contributed by atoms with Crippen molar-refractivity contribution in [2.45, 2.75) is 6.18 Å². The largest absolute Gasteiger partial charge is 0.869 e. The van der Waals surface area contributed by atoms with Crippen LogP contribution in [0, 0.1) is 0 Å². The van der Waals surface area contributed by atoms with Gasteiger partial charge >= 0.3 is 6.18 Å². The Labute approximate surface area is 88.2 Å². The molecule has 0 aliphatic carbocycles. The SMILES string of the molecule is [O-]/C(=C\c1nc2ccccc2[nH]1)C(F)(F)F. The van der Waals surface area contributed by atoms with Gasteiger partial charge in [0.1, 0.15) is 5.82 Å². The van der Waals surface area contributed by atoms with Crippen molar-refractivity contribution in [2.24, 2.45) is 0 Å². The number of imidazole rings is 1. The van der Waals surface area contributed by atoms with Crippen molar-refractivity contribution in [3.63, 3.8) is 0 Å². The van der Waals surface area contributed by atoms with Gasteiger partial charge in [0.25, 0.3) is 0 Å². The minimum absolute atomic E-state index is 0.0940. The lowest BCUT2D eigenvalue weighted by molar-refractivity contribution is -0.358. The highest BCUT2D eigenvalue weighted by Gasteiger charge is 2.26. The molecule has 0 spiro atoms. The number of alkyl halides is 3. The number of fused-ring (bicyclic) bond motifs is 1. The Morgan fingerprint density at radius 1 is 1.31 bits per heavy atom. The molecule has 0 bridgehead atoms. The first-order chi connectivity index (χ1) is 7.47. The molecule has 2 aromatic rings. The van der Waals surface area contributed by atoms with Crippen molar-refractivity contribution in [1.82, 2.24) is 9.97 Å². The lowest BCUT2D eigenvalue weighted by Gasteiger charge is -2.14. The number of allylic oxidation sites excluding steroid dienone is 1. The highest BCUT2D eigenvalue weighted by molar-refractivity contribution is 5.76. The van der Waals surface area contributed by atoms with E-state index < -0.39 is 11.9 Å². The average Bonchev–Trinajstić information content (AvgIpc) is 2.58. The molecule has 0 radical (unpaired) electrons. The number of nitrogens with zero attached hydrogens (tertiary/aromatic N) is 1. The molecule has 84 valence electrons. The van der Waals surface area contributed by atoms with E-state index in [1.807, 2.05) is 0 Å². The maximum Gasteiger partial charge on any atom is 0.402 e. The molecule has 0 amide bonds. The van der Waals surface area contributed by atoms with E-state index in [9.17, 15) is 18.3 Å². The first kappa shape index (κ1) is 10.5. The maximum atomic E-state index is 12.0. The summed E-state index contributed by atoms with van der Waals surface area (Å²) in [5.74, 6) is -2.02. The van der Waals surface area contributed by atoms with Crippen LogP contribution in [0.5, 0.6) is 0 Å². The number of hydrogen-bond acceptors (Lipinski definition) is 2. The molecule has 0 saturated carbocycles. The van der Waals surface area contributed by atoms with Gasteiger partial charge in [-0.1, -0.05) is 12.1 Å². The second-order valence-corrected chi connectivity index (χ2v) is 3.15. The summed E-state index contributed by atoms with van der Waals surface area (Å²) < 4.78 is 35.9. The standard InChI is InChI=1S/C10H7F3N2O/c11-10(12,13)8(16)5-9-14-6-3-1-2-4-7(6)15-9/h1-5,16H,(H,14,15)/p-1/b8-5-. The first-order valence-corrected chi connectivity index (χ1v) is 4.37. The molecule has 1 N–H and O–H groups in total. The summed E-state index contributed by atoms with van der Waals surface area (Å²) in [6.45, 7) is 0. The number of halogens is 3. The third kappa shape index (κ3) is 2.00. The Morgan fingerprint density at radius 2 is 2.00 bits per heavy atom. The summed E-state index contributed by atoms with van der Waals surface area (Å²) in [5.41, 5.74) is 1.10. The summed E-state index contributed by atoms with van der Waals surface area (Å²) in [6.07, 6.45) is -4.42. The molecule has 1 aromatic carbocycles. The van der Waals surface area contributed by atoms with E-state index in [4.69, 9.17) is 0 Å². The van der Waals surface area contributed by atoms with Crippen LogP contribution in [-0.4, -0.2) is 16.1 Å². The summed E-state index contributed by atoms with van der Waals surface area (Å²) >= 11 is 0. The monoisotopic (exact) mass is 227 g/mol. The molecule has 1 aromatic heterocycles. The summed E-state index contributed by atoms with van der Waals surface area (Å²) in [4.78, 5) is 6.45. The molecule has 2 rings (SSSR count). The van der Waals surface area contributed by atoms with Gasteiger partial charge in [-0.2, -0.15) is 13.2 Å². The number of nitrogens with one attached hydrogen (secondary N) is 1. The van der Waals surface area contributed by atoms with Crippen molar-refractivity contribution in [1.29, 1.82) is 0 Å². The molecule has 0 aliphatic rings. The minimum atomic E-state index is -4.86. The van der Waals surface area contributed by atoms with Gasteiger partial charge in [-0.25, -0.2) is 4.98 Å².